The van der Waals surface area contributed by atoms with Crippen molar-refractivity contribution in [3.8, 4) is 5.75 Å². The van der Waals surface area contributed by atoms with E-state index in [1.165, 1.54) is 0 Å². The summed E-state index contributed by atoms with van der Waals surface area (Å²) < 4.78 is 5.60. The molecule has 0 spiro atoms. The molecule has 2 rings (SSSR count). The molecule has 0 atom stereocenters. The molecule has 0 unspecified atom stereocenters. The van der Waals surface area contributed by atoms with Crippen molar-refractivity contribution in [3.05, 3.63) is 28.3 Å². The quantitative estimate of drug-likeness (QED) is 0.872. The number of carboxylic acids is 1. The van der Waals surface area contributed by atoms with Gasteiger partial charge in [0.05, 0.1) is 12.5 Å². The highest BCUT2D eigenvalue weighted by atomic mass is 35.5. The van der Waals surface area contributed by atoms with E-state index in [1.807, 2.05) is 6.07 Å². The first-order valence-corrected chi connectivity index (χ1v) is 7.91. The molecule has 1 aromatic rings. The molecule has 116 valence electrons. The molecule has 1 aromatic carbocycles. The predicted molar refractivity (Wildman–Crippen MR) is 84.5 cm³/mol. The first-order valence-electron chi connectivity index (χ1n) is 7.53. The Labute approximate surface area is 131 Å². The zero-order valence-electron chi connectivity index (χ0n) is 12.9. The number of ether oxygens (including phenoxy) is 1. The average molecular weight is 311 g/mol. The van der Waals surface area contributed by atoms with E-state index in [0.29, 0.717) is 23.6 Å². The van der Waals surface area contributed by atoms with Crippen LogP contribution in [-0.2, 0) is 10.2 Å². The van der Waals surface area contributed by atoms with Crippen LogP contribution < -0.4 is 4.74 Å². The zero-order chi connectivity index (χ0) is 15.6. The van der Waals surface area contributed by atoms with Crippen LogP contribution in [0.5, 0.6) is 5.75 Å². The second-order valence-corrected chi connectivity index (χ2v) is 6.61. The van der Waals surface area contributed by atoms with E-state index in [4.69, 9.17) is 16.3 Å². The van der Waals surface area contributed by atoms with Gasteiger partial charge in [0.2, 0.25) is 0 Å². The van der Waals surface area contributed by atoms with Gasteiger partial charge in [-0.2, -0.15) is 0 Å². The summed E-state index contributed by atoms with van der Waals surface area (Å²) in [5.41, 5.74) is 0.859. The molecule has 0 radical (unpaired) electrons. The molecular weight excluding hydrogens is 288 g/mol. The smallest absolute Gasteiger partial charge is 0.314 e. The van der Waals surface area contributed by atoms with Crippen molar-refractivity contribution in [2.45, 2.75) is 57.3 Å². The summed E-state index contributed by atoms with van der Waals surface area (Å²) in [6, 6.07) is 3.67. The number of hydrogen-bond donors (Lipinski definition) is 1. The predicted octanol–water partition coefficient (Wildman–Crippen LogP) is 4.76. The number of carboxylic acid groups (broad SMARTS) is 1. The van der Waals surface area contributed by atoms with Gasteiger partial charge in [-0.15, -0.1) is 0 Å². The highest BCUT2D eigenvalue weighted by Crippen LogP contribution is 2.47. The summed E-state index contributed by atoms with van der Waals surface area (Å²) >= 11 is 6.26. The molecule has 4 heteroatoms. The standard InChI is InChI=1S/C17H23ClO3/c1-11(2)13-9-12(18)10-14(15(13)21-3)17(16(19)20)7-5-4-6-8-17/h9-11H,4-8H2,1-3H3,(H,19,20). The Balaban J connectivity index is 2.67. The number of benzene rings is 1. The van der Waals surface area contributed by atoms with Gasteiger partial charge in [0, 0.05) is 10.6 Å². The minimum Gasteiger partial charge on any atom is -0.496 e. The highest BCUT2D eigenvalue weighted by molar-refractivity contribution is 6.30. The first-order chi connectivity index (χ1) is 9.92. The maximum Gasteiger partial charge on any atom is 0.314 e. The van der Waals surface area contributed by atoms with Gasteiger partial charge in [-0.1, -0.05) is 44.7 Å². The fourth-order valence-electron chi connectivity index (χ4n) is 3.38. The maximum absolute atomic E-state index is 12.0. The molecule has 0 bridgehead atoms. The molecular formula is C17H23ClO3. The van der Waals surface area contributed by atoms with Crippen LogP contribution in [0.3, 0.4) is 0 Å². The Kier molecular flexibility index (Phi) is 4.82. The molecule has 3 nitrogen and oxygen atoms in total. The van der Waals surface area contributed by atoms with Gasteiger partial charge in [0.25, 0.3) is 0 Å². The summed E-state index contributed by atoms with van der Waals surface area (Å²) in [5, 5.41) is 10.5. The van der Waals surface area contributed by atoms with Crippen molar-refractivity contribution in [1.29, 1.82) is 0 Å². The van der Waals surface area contributed by atoms with E-state index >= 15 is 0 Å². The highest BCUT2D eigenvalue weighted by Gasteiger charge is 2.44. The SMILES string of the molecule is COc1c(C(C)C)cc(Cl)cc1C1(C(=O)O)CCCCC1. The number of rotatable bonds is 4. The van der Waals surface area contributed by atoms with E-state index in [2.05, 4.69) is 13.8 Å². The minimum absolute atomic E-state index is 0.229. The van der Waals surface area contributed by atoms with Gasteiger partial charge >= 0.3 is 5.97 Å². The molecule has 21 heavy (non-hydrogen) atoms. The molecule has 1 N–H and O–H groups in total. The number of carbonyl (C=O) groups is 1. The van der Waals surface area contributed by atoms with Crippen molar-refractivity contribution in [2.75, 3.05) is 7.11 Å². The largest absolute Gasteiger partial charge is 0.496 e. The van der Waals surface area contributed by atoms with Crippen LogP contribution in [0.4, 0.5) is 0 Å². The van der Waals surface area contributed by atoms with Crippen LogP contribution >= 0.6 is 11.6 Å². The van der Waals surface area contributed by atoms with Crippen molar-refractivity contribution >= 4 is 17.6 Å². The lowest BCUT2D eigenvalue weighted by atomic mass is 9.68. The van der Waals surface area contributed by atoms with E-state index in [0.717, 1.165) is 30.4 Å². The molecule has 0 aliphatic heterocycles. The van der Waals surface area contributed by atoms with Crippen LogP contribution in [0.15, 0.2) is 12.1 Å². The average Bonchev–Trinajstić information content (AvgIpc) is 2.46. The summed E-state index contributed by atoms with van der Waals surface area (Å²) in [6.45, 7) is 4.12. The number of methoxy groups -OCH3 is 1. The Morgan fingerprint density at radius 1 is 1.29 bits per heavy atom. The third-order valence-corrected chi connectivity index (χ3v) is 4.76. The lowest BCUT2D eigenvalue weighted by Crippen LogP contribution is -2.38. The van der Waals surface area contributed by atoms with Gasteiger partial charge in [-0.3, -0.25) is 4.79 Å². The Morgan fingerprint density at radius 2 is 1.90 bits per heavy atom. The lowest BCUT2D eigenvalue weighted by Gasteiger charge is -2.35. The number of halogens is 1. The van der Waals surface area contributed by atoms with E-state index < -0.39 is 11.4 Å². The minimum atomic E-state index is -0.863. The Bertz CT molecular complexity index is 531. The van der Waals surface area contributed by atoms with Crippen LogP contribution in [0.2, 0.25) is 5.02 Å². The normalized spacial score (nSPS) is 17.8. The van der Waals surface area contributed by atoms with Crippen LogP contribution in [0, 0.1) is 0 Å². The summed E-state index contributed by atoms with van der Waals surface area (Å²) in [7, 11) is 1.61. The molecule has 0 aromatic heterocycles. The maximum atomic E-state index is 12.0. The Morgan fingerprint density at radius 3 is 2.38 bits per heavy atom. The number of hydrogen-bond acceptors (Lipinski definition) is 2. The van der Waals surface area contributed by atoms with Gasteiger partial charge in [0.1, 0.15) is 5.75 Å². The molecule has 1 fully saturated rings. The van der Waals surface area contributed by atoms with Crippen molar-refractivity contribution in [2.24, 2.45) is 0 Å². The molecule has 0 saturated heterocycles. The summed E-state index contributed by atoms with van der Waals surface area (Å²) in [4.78, 5) is 12.0. The lowest BCUT2D eigenvalue weighted by molar-refractivity contribution is -0.145. The molecule has 0 heterocycles. The first kappa shape index (κ1) is 16.2. The van der Waals surface area contributed by atoms with Gasteiger partial charge < -0.3 is 9.84 Å². The van der Waals surface area contributed by atoms with E-state index in [1.54, 1.807) is 13.2 Å². The molecule has 1 aliphatic carbocycles. The summed E-state index contributed by atoms with van der Waals surface area (Å²) in [6.07, 6.45) is 4.25. The van der Waals surface area contributed by atoms with E-state index in [-0.39, 0.29) is 5.92 Å². The third kappa shape index (κ3) is 2.89. The molecule has 1 aliphatic rings. The van der Waals surface area contributed by atoms with Gasteiger partial charge in [0.15, 0.2) is 0 Å². The topological polar surface area (TPSA) is 46.5 Å². The van der Waals surface area contributed by atoms with Crippen molar-refractivity contribution < 1.29 is 14.6 Å². The molecule has 0 amide bonds. The van der Waals surface area contributed by atoms with Crippen molar-refractivity contribution in [3.63, 3.8) is 0 Å². The molecule has 1 saturated carbocycles. The Hall–Kier alpha value is -1.22. The number of aliphatic carboxylic acids is 1. The fourth-order valence-corrected chi connectivity index (χ4v) is 3.61. The summed E-state index contributed by atoms with van der Waals surface area (Å²) in [5.74, 6) is 0.156. The second-order valence-electron chi connectivity index (χ2n) is 6.18. The van der Waals surface area contributed by atoms with Crippen molar-refractivity contribution in [1.82, 2.24) is 0 Å². The fraction of sp³-hybridized carbons (Fsp3) is 0.588. The van der Waals surface area contributed by atoms with Gasteiger partial charge in [-0.25, -0.2) is 0 Å². The third-order valence-electron chi connectivity index (χ3n) is 4.54. The van der Waals surface area contributed by atoms with Gasteiger partial charge in [-0.05, 0) is 36.5 Å². The van der Waals surface area contributed by atoms with Crippen LogP contribution in [0.1, 0.15) is 63.0 Å². The van der Waals surface area contributed by atoms with Crippen LogP contribution in [0.25, 0.3) is 0 Å². The van der Waals surface area contributed by atoms with E-state index in [9.17, 15) is 9.90 Å². The zero-order valence-corrected chi connectivity index (χ0v) is 13.7. The second kappa shape index (κ2) is 6.27. The van der Waals surface area contributed by atoms with Crippen LogP contribution in [-0.4, -0.2) is 18.2 Å². The monoisotopic (exact) mass is 310 g/mol.